The Morgan fingerprint density at radius 2 is 2.04 bits per heavy atom. The summed E-state index contributed by atoms with van der Waals surface area (Å²) < 4.78 is 34.0. The first-order valence-electron chi connectivity index (χ1n) is 8.55. The van der Waals surface area contributed by atoms with Gasteiger partial charge in [0.15, 0.2) is 11.6 Å². The lowest BCUT2D eigenvalue weighted by Gasteiger charge is -2.07. The first kappa shape index (κ1) is 19.8. The molecule has 5 heteroatoms. The second-order valence-corrected chi connectivity index (χ2v) is 5.99. The van der Waals surface area contributed by atoms with Crippen molar-refractivity contribution in [3.05, 3.63) is 66.4 Å². The molecule has 1 N–H and O–H groups in total. The average molecular weight is 359 g/mol. The van der Waals surface area contributed by atoms with Gasteiger partial charge in [0.2, 0.25) is 0 Å². The lowest BCUT2D eigenvalue weighted by Crippen LogP contribution is -1.97. The van der Waals surface area contributed by atoms with Gasteiger partial charge in [-0.25, -0.2) is 8.78 Å². The van der Waals surface area contributed by atoms with Crippen LogP contribution in [0.1, 0.15) is 31.7 Å². The summed E-state index contributed by atoms with van der Waals surface area (Å²) in [6.45, 7) is 5.63. The van der Waals surface area contributed by atoms with Gasteiger partial charge in [0, 0.05) is 11.1 Å². The second kappa shape index (κ2) is 9.82. The number of hydrogen-bond donors (Lipinski definition) is 1. The maximum Gasteiger partial charge on any atom is 0.168 e. The molecule has 0 aliphatic carbocycles. The smallest absolute Gasteiger partial charge is 0.168 e. The number of aliphatic hydroxyl groups excluding tert-OH is 1. The van der Waals surface area contributed by atoms with Gasteiger partial charge in [0.1, 0.15) is 12.4 Å². The van der Waals surface area contributed by atoms with Crippen LogP contribution in [0.3, 0.4) is 0 Å². The van der Waals surface area contributed by atoms with Crippen LogP contribution in [0, 0.1) is 11.6 Å². The van der Waals surface area contributed by atoms with Crippen molar-refractivity contribution in [1.82, 2.24) is 4.98 Å². The number of rotatable bonds is 9. The highest BCUT2D eigenvalue weighted by molar-refractivity contribution is 5.64. The SMILES string of the molecule is C=CCOc1ccc(-c2ccc(C=CCCCC(C)O)c(F)c2F)nc1. The first-order chi connectivity index (χ1) is 12.5. The monoisotopic (exact) mass is 359 g/mol. The topological polar surface area (TPSA) is 42.4 Å². The highest BCUT2D eigenvalue weighted by Gasteiger charge is 2.14. The van der Waals surface area contributed by atoms with E-state index in [0.29, 0.717) is 30.9 Å². The normalized spacial score (nSPS) is 12.3. The van der Waals surface area contributed by atoms with E-state index in [2.05, 4.69) is 11.6 Å². The molecule has 2 rings (SSSR count). The lowest BCUT2D eigenvalue weighted by atomic mass is 10.1. The molecule has 2 aromatic rings. The van der Waals surface area contributed by atoms with Gasteiger partial charge in [-0.05, 0) is 44.4 Å². The summed E-state index contributed by atoms with van der Waals surface area (Å²) in [6, 6.07) is 6.28. The van der Waals surface area contributed by atoms with Gasteiger partial charge in [0.05, 0.1) is 18.0 Å². The summed E-state index contributed by atoms with van der Waals surface area (Å²) in [5.74, 6) is -1.29. The van der Waals surface area contributed by atoms with E-state index in [1.54, 1.807) is 37.3 Å². The molecule has 1 aromatic carbocycles. The molecule has 1 unspecified atom stereocenters. The Labute approximate surface area is 152 Å². The number of allylic oxidation sites excluding steroid dienone is 1. The third kappa shape index (κ3) is 5.49. The van der Waals surface area contributed by atoms with E-state index in [-0.39, 0.29) is 17.2 Å². The van der Waals surface area contributed by atoms with Crippen LogP contribution in [0.15, 0.2) is 49.2 Å². The van der Waals surface area contributed by atoms with E-state index in [1.807, 2.05) is 0 Å². The van der Waals surface area contributed by atoms with E-state index >= 15 is 0 Å². The van der Waals surface area contributed by atoms with Crippen LogP contribution >= 0.6 is 0 Å². The van der Waals surface area contributed by atoms with Crippen LogP contribution in [-0.2, 0) is 0 Å². The van der Waals surface area contributed by atoms with Crippen molar-refractivity contribution in [2.75, 3.05) is 6.61 Å². The molecule has 1 aromatic heterocycles. The summed E-state index contributed by atoms with van der Waals surface area (Å²) in [5, 5.41) is 9.20. The van der Waals surface area contributed by atoms with Crippen molar-refractivity contribution in [2.45, 2.75) is 32.3 Å². The van der Waals surface area contributed by atoms with Gasteiger partial charge >= 0.3 is 0 Å². The Bertz CT molecular complexity index is 755. The fourth-order valence-corrected chi connectivity index (χ4v) is 2.41. The third-order valence-corrected chi connectivity index (χ3v) is 3.78. The standard InChI is InChI=1S/C21H23F2NO2/c1-3-13-26-17-10-12-19(24-14-17)18-11-9-16(20(22)21(18)23)8-6-4-5-7-15(2)25/h3,6,8-12,14-15,25H,1,4-5,7,13H2,2H3. The fraction of sp³-hybridized carbons (Fsp3) is 0.286. The number of aliphatic hydroxyl groups is 1. The maximum absolute atomic E-state index is 14.4. The first-order valence-corrected chi connectivity index (χ1v) is 8.55. The number of hydrogen-bond acceptors (Lipinski definition) is 3. The van der Waals surface area contributed by atoms with Gasteiger partial charge in [-0.2, -0.15) is 0 Å². The number of aromatic nitrogens is 1. The van der Waals surface area contributed by atoms with Crippen LogP contribution in [-0.4, -0.2) is 22.8 Å². The van der Waals surface area contributed by atoms with Crippen molar-refractivity contribution < 1.29 is 18.6 Å². The van der Waals surface area contributed by atoms with Gasteiger partial charge in [-0.3, -0.25) is 4.98 Å². The predicted molar refractivity (Wildman–Crippen MR) is 99.8 cm³/mol. The van der Waals surface area contributed by atoms with Crippen LogP contribution in [0.5, 0.6) is 5.75 Å². The van der Waals surface area contributed by atoms with Crippen molar-refractivity contribution in [2.24, 2.45) is 0 Å². The van der Waals surface area contributed by atoms with E-state index in [1.165, 1.54) is 18.3 Å². The average Bonchev–Trinajstić information content (AvgIpc) is 2.63. The minimum absolute atomic E-state index is 0.101. The molecule has 138 valence electrons. The molecule has 0 aliphatic heterocycles. The minimum Gasteiger partial charge on any atom is -0.488 e. The summed E-state index contributed by atoms with van der Waals surface area (Å²) >= 11 is 0. The van der Waals surface area contributed by atoms with E-state index in [0.717, 1.165) is 6.42 Å². The molecule has 0 radical (unpaired) electrons. The number of nitrogens with zero attached hydrogens (tertiary/aromatic N) is 1. The zero-order chi connectivity index (χ0) is 18.9. The Kier molecular flexibility index (Phi) is 7.48. The maximum atomic E-state index is 14.4. The number of unbranched alkanes of at least 4 members (excludes halogenated alkanes) is 1. The lowest BCUT2D eigenvalue weighted by molar-refractivity contribution is 0.182. The molecule has 1 heterocycles. The van der Waals surface area contributed by atoms with Crippen molar-refractivity contribution in [3.63, 3.8) is 0 Å². The van der Waals surface area contributed by atoms with E-state index < -0.39 is 11.6 Å². The Hall–Kier alpha value is -2.53. The minimum atomic E-state index is -0.927. The number of pyridine rings is 1. The summed E-state index contributed by atoms with van der Waals surface area (Å²) in [5.41, 5.74) is 0.623. The van der Waals surface area contributed by atoms with Crippen molar-refractivity contribution >= 4 is 6.08 Å². The fourth-order valence-electron chi connectivity index (χ4n) is 2.41. The molecule has 0 saturated heterocycles. The largest absolute Gasteiger partial charge is 0.488 e. The molecular weight excluding hydrogens is 336 g/mol. The molecule has 0 fully saturated rings. The zero-order valence-electron chi connectivity index (χ0n) is 14.8. The molecule has 0 spiro atoms. The summed E-state index contributed by atoms with van der Waals surface area (Å²) in [7, 11) is 0. The van der Waals surface area contributed by atoms with Gasteiger partial charge in [0.25, 0.3) is 0 Å². The highest BCUT2D eigenvalue weighted by atomic mass is 19.2. The molecule has 26 heavy (non-hydrogen) atoms. The zero-order valence-corrected chi connectivity index (χ0v) is 14.8. The number of halogens is 2. The molecule has 0 bridgehead atoms. The second-order valence-electron chi connectivity index (χ2n) is 5.99. The molecular formula is C21H23F2NO2. The van der Waals surface area contributed by atoms with Crippen molar-refractivity contribution in [3.8, 4) is 17.0 Å². The van der Waals surface area contributed by atoms with Gasteiger partial charge < -0.3 is 9.84 Å². The highest BCUT2D eigenvalue weighted by Crippen LogP contribution is 2.26. The van der Waals surface area contributed by atoms with E-state index in [4.69, 9.17) is 4.74 Å². The summed E-state index contributed by atoms with van der Waals surface area (Å²) in [4.78, 5) is 4.13. The van der Waals surface area contributed by atoms with Crippen LogP contribution in [0.25, 0.3) is 17.3 Å². The molecule has 0 amide bonds. The molecule has 0 aliphatic rings. The van der Waals surface area contributed by atoms with Crippen LogP contribution in [0.4, 0.5) is 8.78 Å². The third-order valence-electron chi connectivity index (χ3n) is 3.78. The Morgan fingerprint density at radius 3 is 2.69 bits per heavy atom. The predicted octanol–water partition coefficient (Wildman–Crippen LogP) is 5.16. The quantitative estimate of drug-likeness (QED) is 0.497. The van der Waals surface area contributed by atoms with Crippen LogP contribution < -0.4 is 4.74 Å². The number of ether oxygens (including phenoxy) is 1. The Morgan fingerprint density at radius 1 is 1.23 bits per heavy atom. The Balaban J connectivity index is 2.11. The molecule has 3 nitrogen and oxygen atoms in total. The van der Waals surface area contributed by atoms with Gasteiger partial charge in [-0.1, -0.05) is 30.9 Å². The summed E-state index contributed by atoms with van der Waals surface area (Å²) in [6.07, 6.45) is 8.23. The van der Waals surface area contributed by atoms with Gasteiger partial charge in [-0.15, -0.1) is 0 Å². The van der Waals surface area contributed by atoms with Crippen molar-refractivity contribution in [1.29, 1.82) is 0 Å². The van der Waals surface area contributed by atoms with Crippen LogP contribution in [0.2, 0.25) is 0 Å². The number of benzene rings is 1. The van der Waals surface area contributed by atoms with E-state index in [9.17, 15) is 13.9 Å². The molecule has 0 saturated carbocycles. The molecule has 1 atom stereocenters.